The maximum Gasteiger partial charge on any atom is 0.210 e. The van der Waals surface area contributed by atoms with Gasteiger partial charge >= 0.3 is 0 Å². The van der Waals surface area contributed by atoms with E-state index in [-0.39, 0.29) is 0 Å². The highest BCUT2D eigenvalue weighted by Gasteiger charge is 2.13. The van der Waals surface area contributed by atoms with E-state index >= 15 is 0 Å². The SMILES string of the molecule is Cc1sc([S-])c(C)[n+]1-c1ccccc1. The normalized spacial score (nSPS) is 10.4. The Morgan fingerprint density at radius 2 is 1.79 bits per heavy atom. The Balaban J connectivity index is 2.62. The maximum absolute atomic E-state index is 5.26. The van der Waals surface area contributed by atoms with Gasteiger partial charge in [-0.3, -0.25) is 11.3 Å². The van der Waals surface area contributed by atoms with Crippen molar-refractivity contribution in [2.75, 3.05) is 0 Å². The zero-order valence-corrected chi connectivity index (χ0v) is 9.78. The molecule has 0 spiro atoms. The average molecular weight is 221 g/mol. The first kappa shape index (κ1) is 9.62. The number of aromatic nitrogens is 1. The van der Waals surface area contributed by atoms with Gasteiger partial charge in [0.05, 0.1) is 0 Å². The van der Waals surface area contributed by atoms with Gasteiger partial charge in [0, 0.05) is 26.0 Å². The van der Waals surface area contributed by atoms with Gasteiger partial charge in [0.15, 0.2) is 5.69 Å². The molecule has 0 unspecified atom stereocenters. The molecule has 0 bridgehead atoms. The van der Waals surface area contributed by atoms with Gasteiger partial charge in [-0.1, -0.05) is 18.2 Å². The zero-order valence-electron chi connectivity index (χ0n) is 8.15. The lowest BCUT2D eigenvalue weighted by atomic mass is 10.3. The zero-order chi connectivity index (χ0) is 10.1. The van der Waals surface area contributed by atoms with E-state index in [1.165, 1.54) is 10.7 Å². The molecule has 1 aromatic carbocycles. The number of aryl methyl sites for hydroxylation is 1. The second-order valence-corrected chi connectivity index (χ2v) is 5.03. The monoisotopic (exact) mass is 221 g/mol. The van der Waals surface area contributed by atoms with Gasteiger partial charge in [0.25, 0.3) is 0 Å². The number of benzene rings is 1. The van der Waals surface area contributed by atoms with E-state index in [4.69, 9.17) is 12.6 Å². The Bertz CT molecular complexity index is 446. The Morgan fingerprint density at radius 3 is 2.29 bits per heavy atom. The lowest BCUT2D eigenvalue weighted by Gasteiger charge is -1.97. The number of hydrogen-bond acceptors (Lipinski definition) is 2. The average Bonchev–Trinajstić information content (AvgIpc) is 2.43. The van der Waals surface area contributed by atoms with E-state index in [0.717, 1.165) is 9.90 Å². The standard InChI is InChI=1S/C11H11NS2/c1-8-11(13)14-9(2)12(8)10-6-4-3-5-7-10/h3-7H,1-2H3. The third-order valence-electron chi connectivity index (χ3n) is 2.20. The van der Waals surface area contributed by atoms with Crippen molar-refractivity contribution in [2.45, 2.75) is 18.1 Å². The number of thiazole rings is 1. The second-order valence-electron chi connectivity index (χ2n) is 3.16. The van der Waals surface area contributed by atoms with Crippen LogP contribution in [0.25, 0.3) is 5.69 Å². The molecule has 0 N–H and O–H groups in total. The molecule has 0 atom stereocenters. The molecule has 72 valence electrons. The predicted octanol–water partition coefficient (Wildman–Crippen LogP) is 2.55. The van der Waals surface area contributed by atoms with E-state index in [0.29, 0.717) is 0 Å². The summed E-state index contributed by atoms with van der Waals surface area (Å²) in [7, 11) is 0. The van der Waals surface area contributed by atoms with Gasteiger partial charge in [-0.2, -0.15) is 4.57 Å². The maximum atomic E-state index is 5.26. The smallest absolute Gasteiger partial charge is 0.210 e. The summed E-state index contributed by atoms with van der Waals surface area (Å²) in [6.07, 6.45) is 0. The summed E-state index contributed by atoms with van der Waals surface area (Å²) in [4.78, 5) is 0. The van der Waals surface area contributed by atoms with Gasteiger partial charge in [-0.25, -0.2) is 0 Å². The minimum atomic E-state index is 0.978. The first-order chi connectivity index (χ1) is 6.70. The van der Waals surface area contributed by atoms with Gasteiger partial charge in [0.2, 0.25) is 5.69 Å². The molecule has 0 aliphatic rings. The van der Waals surface area contributed by atoms with Gasteiger partial charge < -0.3 is 12.6 Å². The summed E-state index contributed by atoms with van der Waals surface area (Å²) in [6.45, 7) is 4.17. The Morgan fingerprint density at radius 1 is 1.14 bits per heavy atom. The molecule has 0 radical (unpaired) electrons. The van der Waals surface area contributed by atoms with Gasteiger partial charge in [0.1, 0.15) is 5.01 Å². The molecule has 1 heterocycles. The second kappa shape index (κ2) is 3.67. The van der Waals surface area contributed by atoms with Crippen LogP contribution in [0.1, 0.15) is 10.7 Å². The highest BCUT2D eigenvalue weighted by Crippen LogP contribution is 2.16. The first-order valence-electron chi connectivity index (χ1n) is 4.44. The van der Waals surface area contributed by atoms with E-state index < -0.39 is 0 Å². The predicted molar refractivity (Wildman–Crippen MR) is 61.0 cm³/mol. The molecular formula is C11H11NS2. The Kier molecular flexibility index (Phi) is 2.52. The molecule has 1 nitrogen and oxygen atoms in total. The third kappa shape index (κ3) is 1.53. The number of hydrogen-bond donors (Lipinski definition) is 0. The molecule has 2 rings (SSSR count). The van der Waals surface area contributed by atoms with Crippen LogP contribution in [0.2, 0.25) is 0 Å². The lowest BCUT2D eigenvalue weighted by Crippen LogP contribution is -2.34. The Hall–Kier alpha value is -0.930. The topological polar surface area (TPSA) is 3.88 Å². The fraction of sp³-hybridized carbons (Fsp3) is 0.182. The molecule has 2 aromatic rings. The van der Waals surface area contributed by atoms with Gasteiger partial charge in [-0.15, -0.1) is 0 Å². The fourth-order valence-corrected chi connectivity index (χ4v) is 2.83. The van der Waals surface area contributed by atoms with Crippen LogP contribution >= 0.6 is 11.3 Å². The summed E-state index contributed by atoms with van der Waals surface area (Å²) in [5.74, 6) is 0. The summed E-state index contributed by atoms with van der Waals surface area (Å²) in [6, 6.07) is 10.3. The van der Waals surface area contributed by atoms with Crippen LogP contribution in [0, 0.1) is 13.8 Å². The fourth-order valence-electron chi connectivity index (χ4n) is 1.53. The van der Waals surface area contributed by atoms with Crippen LogP contribution in [-0.4, -0.2) is 0 Å². The minimum absolute atomic E-state index is 0.978. The van der Waals surface area contributed by atoms with Crippen molar-refractivity contribution in [3.05, 3.63) is 41.0 Å². The highest BCUT2D eigenvalue weighted by atomic mass is 32.2. The van der Waals surface area contributed by atoms with Crippen LogP contribution in [-0.2, 0) is 12.6 Å². The minimum Gasteiger partial charge on any atom is -0.422 e. The largest absolute Gasteiger partial charge is 0.422 e. The third-order valence-corrected chi connectivity index (χ3v) is 3.70. The van der Waals surface area contributed by atoms with Crippen LogP contribution < -0.4 is 4.57 Å². The molecule has 0 saturated carbocycles. The Labute approximate surface area is 93.4 Å². The van der Waals surface area contributed by atoms with Crippen LogP contribution in [0.15, 0.2) is 34.5 Å². The molecule has 1 aromatic heterocycles. The quantitative estimate of drug-likeness (QED) is 0.529. The summed E-state index contributed by atoms with van der Waals surface area (Å²) < 4.78 is 3.18. The highest BCUT2D eigenvalue weighted by molar-refractivity contribution is 7.62. The van der Waals surface area contributed by atoms with Crippen molar-refractivity contribution >= 4 is 24.0 Å². The van der Waals surface area contributed by atoms with E-state index in [1.807, 2.05) is 18.2 Å². The molecule has 0 saturated heterocycles. The van der Waals surface area contributed by atoms with E-state index in [2.05, 4.69) is 30.5 Å². The van der Waals surface area contributed by atoms with E-state index in [1.54, 1.807) is 11.3 Å². The molecule has 14 heavy (non-hydrogen) atoms. The molecular weight excluding hydrogens is 210 g/mol. The first-order valence-corrected chi connectivity index (χ1v) is 5.67. The summed E-state index contributed by atoms with van der Waals surface area (Å²) in [5, 5.41) is 1.23. The molecule has 0 fully saturated rings. The van der Waals surface area contributed by atoms with Crippen molar-refractivity contribution in [1.82, 2.24) is 0 Å². The van der Waals surface area contributed by atoms with Crippen molar-refractivity contribution in [2.24, 2.45) is 0 Å². The molecule has 0 amide bonds. The van der Waals surface area contributed by atoms with Crippen molar-refractivity contribution in [3.63, 3.8) is 0 Å². The van der Waals surface area contributed by atoms with Crippen molar-refractivity contribution < 1.29 is 4.57 Å². The lowest BCUT2D eigenvalue weighted by molar-refractivity contribution is -0.605. The number of para-hydroxylation sites is 1. The van der Waals surface area contributed by atoms with Crippen molar-refractivity contribution in [3.8, 4) is 5.69 Å². The summed E-state index contributed by atoms with van der Waals surface area (Å²) in [5.41, 5.74) is 2.35. The van der Waals surface area contributed by atoms with E-state index in [9.17, 15) is 0 Å². The molecule has 3 heteroatoms. The molecule has 0 aliphatic heterocycles. The number of rotatable bonds is 1. The summed E-state index contributed by atoms with van der Waals surface area (Å²) >= 11 is 6.93. The van der Waals surface area contributed by atoms with Crippen molar-refractivity contribution in [1.29, 1.82) is 0 Å². The number of nitrogens with zero attached hydrogens (tertiary/aromatic N) is 1. The van der Waals surface area contributed by atoms with Gasteiger partial charge in [-0.05, 0) is 4.21 Å². The van der Waals surface area contributed by atoms with Crippen LogP contribution in [0.4, 0.5) is 0 Å². The van der Waals surface area contributed by atoms with Crippen LogP contribution in [0.3, 0.4) is 0 Å². The van der Waals surface area contributed by atoms with Crippen LogP contribution in [0.5, 0.6) is 0 Å². The molecule has 0 aliphatic carbocycles.